The largest absolute Gasteiger partial charge is 0.493 e. The van der Waals surface area contributed by atoms with Crippen LogP contribution in [0.25, 0.3) is 11.3 Å². The lowest BCUT2D eigenvalue weighted by Crippen LogP contribution is -2.36. The standard InChI is InChI=1S/C31H32ClF4N3O5/c1-30(2,3)44-29(41)38-15-17-11-24(18-5-9-23(33)22(32)13-18)39-25(12-17)21(31(34,35)36)16-37-28(40)19-6-10-26(27(14-19)42-4)43-20-7-8-20/h5-6,9-14,20-21H,7-8,15-16H2,1-4H3,(H,37,40)(H,38,41). The van der Waals surface area contributed by atoms with Gasteiger partial charge in [0.05, 0.1) is 29.6 Å². The fourth-order valence-corrected chi connectivity index (χ4v) is 4.32. The lowest BCUT2D eigenvalue weighted by atomic mass is 9.99. The number of nitrogens with zero attached hydrogens (tertiary/aromatic N) is 1. The van der Waals surface area contributed by atoms with E-state index in [4.69, 9.17) is 25.8 Å². The predicted octanol–water partition coefficient (Wildman–Crippen LogP) is 7.19. The first kappa shape index (κ1) is 32.8. The molecule has 1 fully saturated rings. The summed E-state index contributed by atoms with van der Waals surface area (Å²) in [6, 6.07) is 10.6. The summed E-state index contributed by atoms with van der Waals surface area (Å²) in [5.74, 6) is -2.98. The zero-order valence-corrected chi connectivity index (χ0v) is 25.2. The molecule has 3 aromatic rings. The van der Waals surface area contributed by atoms with E-state index in [1.807, 2.05) is 0 Å². The number of halogens is 5. The minimum atomic E-state index is -4.82. The van der Waals surface area contributed by atoms with E-state index in [0.717, 1.165) is 18.9 Å². The number of methoxy groups -OCH3 is 1. The Kier molecular flexibility index (Phi) is 9.92. The van der Waals surface area contributed by atoms with Gasteiger partial charge in [0.1, 0.15) is 17.3 Å². The van der Waals surface area contributed by atoms with E-state index in [1.54, 1.807) is 20.8 Å². The maximum atomic E-state index is 14.5. The van der Waals surface area contributed by atoms with Crippen LogP contribution in [-0.4, -0.2) is 48.5 Å². The number of rotatable bonds is 10. The van der Waals surface area contributed by atoms with Crippen molar-refractivity contribution in [3.63, 3.8) is 0 Å². The molecule has 44 heavy (non-hydrogen) atoms. The van der Waals surface area contributed by atoms with Crippen LogP contribution in [-0.2, 0) is 11.3 Å². The Morgan fingerprint density at radius 1 is 1.02 bits per heavy atom. The van der Waals surface area contributed by atoms with Crippen molar-refractivity contribution in [2.75, 3.05) is 13.7 Å². The van der Waals surface area contributed by atoms with E-state index in [2.05, 4.69) is 15.6 Å². The summed E-state index contributed by atoms with van der Waals surface area (Å²) in [6.45, 7) is 3.97. The first-order valence-corrected chi connectivity index (χ1v) is 14.1. The van der Waals surface area contributed by atoms with Crippen LogP contribution in [0.4, 0.5) is 22.4 Å². The van der Waals surface area contributed by atoms with Crippen LogP contribution in [0.15, 0.2) is 48.5 Å². The molecule has 13 heteroatoms. The van der Waals surface area contributed by atoms with E-state index in [1.165, 1.54) is 49.6 Å². The molecule has 1 aromatic heterocycles. The fourth-order valence-electron chi connectivity index (χ4n) is 4.14. The molecule has 0 aliphatic heterocycles. The molecule has 1 aliphatic rings. The molecule has 0 saturated heterocycles. The average Bonchev–Trinajstić information content (AvgIpc) is 3.76. The Balaban J connectivity index is 1.61. The van der Waals surface area contributed by atoms with Crippen LogP contribution in [0.5, 0.6) is 11.5 Å². The summed E-state index contributed by atoms with van der Waals surface area (Å²) in [6.07, 6.45) is -3.70. The van der Waals surface area contributed by atoms with Crippen LogP contribution in [0.3, 0.4) is 0 Å². The molecule has 8 nitrogen and oxygen atoms in total. The number of hydrogen-bond acceptors (Lipinski definition) is 6. The van der Waals surface area contributed by atoms with Crippen molar-refractivity contribution in [3.05, 3.63) is 76.2 Å². The number of pyridine rings is 1. The van der Waals surface area contributed by atoms with Gasteiger partial charge in [-0.2, -0.15) is 13.2 Å². The number of nitrogens with one attached hydrogen (secondary N) is 2. The molecule has 1 saturated carbocycles. The van der Waals surface area contributed by atoms with Gasteiger partial charge in [-0.3, -0.25) is 9.78 Å². The van der Waals surface area contributed by atoms with Gasteiger partial charge >= 0.3 is 12.3 Å². The number of alkyl halides is 3. The molecule has 2 N–H and O–H groups in total. The summed E-state index contributed by atoms with van der Waals surface area (Å²) < 4.78 is 73.4. The van der Waals surface area contributed by atoms with Crippen molar-refractivity contribution in [1.82, 2.24) is 15.6 Å². The Hall–Kier alpha value is -4.06. The number of ether oxygens (including phenoxy) is 3. The number of carbonyl (C=O) groups is 2. The minimum absolute atomic E-state index is 0.0574. The van der Waals surface area contributed by atoms with Gasteiger partial charge in [0.2, 0.25) is 0 Å². The van der Waals surface area contributed by atoms with Crippen molar-refractivity contribution >= 4 is 23.6 Å². The normalized spacial score (nSPS) is 14.0. The van der Waals surface area contributed by atoms with Crippen LogP contribution in [0.2, 0.25) is 5.02 Å². The quantitative estimate of drug-likeness (QED) is 0.228. The second-order valence-electron chi connectivity index (χ2n) is 11.3. The highest BCUT2D eigenvalue weighted by molar-refractivity contribution is 6.31. The topological polar surface area (TPSA) is 98.8 Å². The molecule has 0 radical (unpaired) electrons. The van der Waals surface area contributed by atoms with E-state index >= 15 is 0 Å². The molecule has 1 unspecified atom stereocenters. The Labute approximate surface area is 257 Å². The Morgan fingerprint density at radius 2 is 1.75 bits per heavy atom. The molecule has 1 heterocycles. The molecular weight excluding hydrogens is 606 g/mol. The van der Waals surface area contributed by atoms with E-state index in [-0.39, 0.29) is 45.8 Å². The van der Waals surface area contributed by atoms with Gasteiger partial charge in [0, 0.05) is 24.2 Å². The number of carbonyl (C=O) groups excluding carboxylic acids is 2. The third kappa shape index (κ3) is 8.98. The van der Waals surface area contributed by atoms with Gasteiger partial charge in [-0.15, -0.1) is 0 Å². The van der Waals surface area contributed by atoms with Gasteiger partial charge in [-0.05, 0) is 87.7 Å². The second-order valence-corrected chi connectivity index (χ2v) is 11.7. The summed E-state index contributed by atoms with van der Waals surface area (Å²) in [7, 11) is 1.40. The van der Waals surface area contributed by atoms with Crippen molar-refractivity contribution in [1.29, 1.82) is 0 Å². The van der Waals surface area contributed by atoms with Gasteiger partial charge < -0.3 is 24.8 Å². The molecule has 0 spiro atoms. The lowest BCUT2D eigenvalue weighted by Gasteiger charge is -2.22. The molecule has 2 aromatic carbocycles. The lowest BCUT2D eigenvalue weighted by molar-refractivity contribution is -0.149. The second kappa shape index (κ2) is 13.3. The fraction of sp³-hybridized carbons (Fsp3) is 0.387. The average molecular weight is 638 g/mol. The first-order chi connectivity index (χ1) is 20.6. The van der Waals surface area contributed by atoms with Crippen molar-refractivity contribution in [2.45, 2.75) is 64.0 Å². The van der Waals surface area contributed by atoms with Crippen LogP contribution in [0.1, 0.15) is 61.1 Å². The number of benzene rings is 2. The number of hydrogen-bond donors (Lipinski definition) is 2. The van der Waals surface area contributed by atoms with Crippen molar-refractivity contribution in [3.8, 4) is 22.8 Å². The predicted molar refractivity (Wildman–Crippen MR) is 155 cm³/mol. The van der Waals surface area contributed by atoms with E-state index < -0.39 is 47.8 Å². The van der Waals surface area contributed by atoms with E-state index in [0.29, 0.717) is 5.75 Å². The zero-order valence-electron chi connectivity index (χ0n) is 24.5. The maximum Gasteiger partial charge on any atom is 0.407 e. The van der Waals surface area contributed by atoms with Crippen molar-refractivity contribution in [2.24, 2.45) is 0 Å². The molecule has 2 amide bonds. The van der Waals surface area contributed by atoms with Crippen LogP contribution >= 0.6 is 11.6 Å². The van der Waals surface area contributed by atoms with Gasteiger partial charge in [0.25, 0.3) is 5.91 Å². The minimum Gasteiger partial charge on any atom is -0.493 e. The summed E-state index contributed by atoms with van der Waals surface area (Å²) in [5.41, 5.74) is -0.576. The Morgan fingerprint density at radius 3 is 2.36 bits per heavy atom. The molecule has 236 valence electrons. The zero-order chi connectivity index (χ0) is 32.2. The summed E-state index contributed by atoms with van der Waals surface area (Å²) >= 11 is 5.92. The SMILES string of the molecule is COc1cc(C(=O)NCC(c2cc(CNC(=O)OC(C)(C)C)cc(-c3ccc(F)c(Cl)c3)n2)C(F)(F)F)ccc1OC1CC1. The number of amides is 2. The highest BCUT2D eigenvalue weighted by Crippen LogP contribution is 2.37. The number of aromatic nitrogens is 1. The van der Waals surface area contributed by atoms with Gasteiger partial charge in [-0.25, -0.2) is 9.18 Å². The Bertz CT molecular complexity index is 1520. The smallest absolute Gasteiger partial charge is 0.407 e. The molecule has 0 bridgehead atoms. The molecule has 4 rings (SSSR count). The van der Waals surface area contributed by atoms with Crippen LogP contribution < -0.4 is 20.1 Å². The summed E-state index contributed by atoms with van der Waals surface area (Å²) in [4.78, 5) is 29.4. The van der Waals surface area contributed by atoms with Gasteiger partial charge in [-0.1, -0.05) is 11.6 Å². The third-order valence-corrected chi connectivity index (χ3v) is 6.71. The van der Waals surface area contributed by atoms with Crippen LogP contribution in [0, 0.1) is 5.82 Å². The monoisotopic (exact) mass is 637 g/mol. The number of alkyl carbamates (subject to hydrolysis) is 1. The molecule has 1 aliphatic carbocycles. The van der Waals surface area contributed by atoms with E-state index in [9.17, 15) is 27.2 Å². The molecule has 1 atom stereocenters. The maximum absolute atomic E-state index is 14.5. The highest BCUT2D eigenvalue weighted by Gasteiger charge is 2.42. The van der Waals surface area contributed by atoms with Gasteiger partial charge in [0.15, 0.2) is 11.5 Å². The summed E-state index contributed by atoms with van der Waals surface area (Å²) in [5, 5.41) is 4.61. The molecular formula is C31H32ClF4N3O5. The highest BCUT2D eigenvalue weighted by atomic mass is 35.5. The van der Waals surface area contributed by atoms with Crippen molar-refractivity contribution < 1.29 is 41.4 Å². The third-order valence-electron chi connectivity index (χ3n) is 6.42. The first-order valence-electron chi connectivity index (χ1n) is 13.8.